The average molecular weight is 425 g/mol. The third kappa shape index (κ3) is 4.30. The van der Waals surface area contributed by atoms with E-state index in [1.54, 1.807) is 11.6 Å². The molecular weight excluding hydrogens is 402 g/mol. The first kappa shape index (κ1) is 21.1. The third-order valence-corrected chi connectivity index (χ3v) is 5.29. The van der Waals surface area contributed by atoms with Crippen molar-refractivity contribution in [3.8, 4) is 11.3 Å². The summed E-state index contributed by atoms with van der Waals surface area (Å²) in [5, 5.41) is 9.40. The van der Waals surface area contributed by atoms with Crippen molar-refractivity contribution >= 4 is 17.8 Å². The minimum Gasteiger partial charge on any atom is -0.476 e. The van der Waals surface area contributed by atoms with Crippen molar-refractivity contribution in [2.24, 2.45) is 7.05 Å². The number of hydrogen-bond acceptors (Lipinski definition) is 3. The van der Waals surface area contributed by atoms with Gasteiger partial charge in [-0.2, -0.15) is 0 Å². The monoisotopic (exact) mass is 425 g/mol. The smallest absolute Gasteiger partial charge is 0.356 e. The van der Waals surface area contributed by atoms with E-state index in [-0.39, 0.29) is 11.5 Å². The SMILES string of the molecule is Cc1ccc(C(=O)c2cccn2C/C=C/c2cccc(-c3c(C(=O)O)ncn3C)c2)cc1. The molecule has 0 fully saturated rings. The molecule has 0 bridgehead atoms. The minimum atomic E-state index is -1.06. The predicted octanol–water partition coefficient (Wildman–Crippen LogP) is 4.84. The number of carboxylic acids is 1. The van der Waals surface area contributed by atoms with Gasteiger partial charge in [0.1, 0.15) is 0 Å². The average Bonchev–Trinajstić information content (AvgIpc) is 3.40. The zero-order chi connectivity index (χ0) is 22.7. The summed E-state index contributed by atoms with van der Waals surface area (Å²) in [6, 6.07) is 18.9. The lowest BCUT2D eigenvalue weighted by atomic mass is 10.1. The fourth-order valence-electron chi connectivity index (χ4n) is 3.65. The molecule has 0 atom stereocenters. The summed E-state index contributed by atoms with van der Waals surface area (Å²) >= 11 is 0. The van der Waals surface area contributed by atoms with Gasteiger partial charge < -0.3 is 14.2 Å². The summed E-state index contributed by atoms with van der Waals surface area (Å²) in [5.74, 6) is -1.07. The molecule has 0 saturated carbocycles. The van der Waals surface area contributed by atoms with Crippen molar-refractivity contribution in [1.82, 2.24) is 14.1 Å². The molecule has 4 rings (SSSR count). The number of aromatic nitrogens is 3. The first-order chi connectivity index (χ1) is 15.4. The molecule has 0 amide bonds. The largest absolute Gasteiger partial charge is 0.476 e. The molecule has 4 aromatic rings. The number of aryl methyl sites for hydroxylation is 2. The Labute approximate surface area is 186 Å². The zero-order valence-corrected chi connectivity index (χ0v) is 17.9. The lowest BCUT2D eigenvalue weighted by Crippen LogP contribution is -2.09. The fourth-order valence-corrected chi connectivity index (χ4v) is 3.65. The Hall–Kier alpha value is -4.19. The van der Waals surface area contributed by atoms with Crippen LogP contribution in [0.2, 0.25) is 0 Å². The molecule has 0 aliphatic carbocycles. The standard InChI is InChI=1S/C26H23N3O3/c1-18-10-12-20(13-11-18)25(30)22-9-5-15-29(22)14-4-7-19-6-3-8-21(16-19)24-23(26(31)32)27-17-28(24)2/h3-13,15-17H,14H2,1-2H3,(H,31,32)/b7-4+. The van der Waals surface area contributed by atoms with E-state index in [2.05, 4.69) is 4.98 Å². The lowest BCUT2D eigenvalue weighted by Gasteiger charge is -2.07. The molecule has 32 heavy (non-hydrogen) atoms. The van der Waals surface area contributed by atoms with Crippen molar-refractivity contribution in [3.63, 3.8) is 0 Å². The number of carboxylic acid groups (broad SMARTS) is 1. The van der Waals surface area contributed by atoms with Crippen LogP contribution < -0.4 is 0 Å². The molecule has 0 aliphatic heterocycles. The van der Waals surface area contributed by atoms with Crippen LogP contribution in [0.5, 0.6) is 0 Å². The Kier molecular flexibility index (Phi) is 5.85. The number of imidazole rings is 1. The van der Waals surface area contributed by atoms with E-state index in [1.807, 2.05) is 90.5 Å². The molecular formula is C26H23N3O3. The van der Waals surface area contributed by atoms with Gasteiger partial charge in [-0.3, -0.25) is 4.79 Å². The summed E-state index contributed by atoms with van der Waals surface area (Å²) < 4.78 is 3.61. The second-order valence-electron chi connectivity index (χ2n) is 7.63. The van der Waals surface area contributed by atoms with Gasteiger partial charge in [-0.25, -0.2) is 9.78 Å². The number of aromatic carboxylic acids is 1. The quantitative estimate of drug-likeness (QED) is 0.430. The molecule has 0 unspecified atom stereocenters. The van der Waals surface area contributed by atoms with Crippen molar-refractivity contribution < 1.29 is 14.7 Å². The number of carbonyl (C=O) groups is 2. The van der Waals surface area contributed by atoms with Crippen LogP contribution in [0.1, 0.15) is 37.7 Å². The Morgan fingerprint density at radius 1 is 1.06 bits per heavy atom. The van der Waals surface area contributed by atoms with Gasteiger partial charge in [-0.15, -0.1) is 0 Å². The highest BCUT2D eigenvalue weighted by Gasteiger charge is 2.17. The Morgan fingerprint density at radius 2 is 1.84 bits per heavy atom. The second kappa shape index (κ2) is 8.89. The van der Waals surface area contributed by atoms with E-state index in [9.17, 15) is 14.7 Å². The second-order valence-corrected chi connectivity index (χ2v) is 7.63. The number of allylic oxidation sites excluding steroid dienone is 1. The van der Waals surface area contributed by atoms with Gasteiger partial charge in [0.05, 0.1) is 17.7 Å². The molecule has 160 valence electrons. The van der Waals surface area contributed by atoms with Crippen LogP contribution in [0, 0.1) is 6.92 Å². The van der Waals surface area contributed by atoms with Gasteiger partial charge in [-0.05, 0) is 30.7 Å². The van der Waals surface area contributed by atoms with Crippen molar-refractivity contribution in [1.29, 1.82) is 0 Å². The summed E-state index contributed by atoms with van der Waals surface area (Å²) in [4.78, 5) is 28.3. The van der Waals surface area contributed by atoms with Gasteiger partial charge >= 0.3 is 5.97 Å². The number of nitrogens with zero attached hydrogens (tertiary/aromatic N) is 3. The van der Waals surface area contributed by atoms with Gasteiger partial charge in [-0.1, -0.05) is 60.2 Å². The molecule has 2 aromatic heterocycles. The number of benzene rings is 2. The topological polar surface area (TPSA) is 77.1 Å². The molecule has 6 nitrogen and oxygen atoms in total. The highest BCUT2D eigenvalue weighted by Crippen LogP contribution is 2.24. The molecule has 6 heteroatoms. The normalized spacial score (nSPS) is 11.2. The summed E-state index contributed by atoms with van der Waals surface area (Å²) in [6.45, 7) is 2.53. The number of carbonyl (C=O) groups excluding carboxylic acids is 1. The van der Waals surface area contributed by atoms with E-state index >= 15 is 0 Å². The van der Waals surface area contributed by atoms with Crippen molar-refractivity contribution in [2.75, 3.05) is 0 Å². The van der Waals surface area contributed by atoms with E-state index < -0.39 is 5.97 Å². The summed E-state index contributed by atoms with van der Waals surface area (Å²) in [5.41, 5.74) is 4.71. The maximum atomic E-state index is 12.9. The van der Waals surface area contributed by atoms with Crippen LogP contribution >= 0.6 is 0 Å². The first-order valence-electron chi connectivity index (χ1n) is 10.2. The molecule has 0 aliphatic rings. The first-order valence-corrected chi connectivity index (χ1v) is 10.2. The van der Waals surface area contributed by atoms with E-state index in [1.165, 1.54) is 6.33 Å². The molecule has 0 spiro atoms. The van der Waals surface area contributed by atoms with Crippen LogP contribution in [-0.4, -0.2) is 31.0 Å². The predicted molar refractivity (Wildman–Crippen MR) is 124 cm³/mol. The molecule has 0 radical (unpaired) electrons. The third-order valence-electron chi connectivity index (χ3n) is 5.29. The number of rotatable bonds is 7. The van der Waals surface area contributed by atoms with Crippen molar-refractivity contribution in [3.05, 3.63) is 107 Å². The Morgan fingerprint density at radius 3 is 2.59 bits per heavy atom. The highest BCUT2D eigenvalue weighted by molar-refractivity contribution is 6.08. The summed E-state index contributed by atoms with van der Waals surface area (Å²) in [6.07, 6.45) is 7.32. The van der Waals surface area contributed by atoms with Crippen LogP contribution in [0.3, 0.4) is 0 Å². The zero-order valence-electron chi connectivity index (χ0n) is 17.9. The summed E-state index contributed by atoms with van der Waals surface area (Å²) in [7, 11) is 1.77. The minimum absolute atomic E-state index is 0.0113. The van der Waals surface area contributed by atoms with E-state index in [0.717, 1.165) is 16.7 Å². The lowest BCUT2D eigenvalue weighted by molar-refractivity contribution is 0.0691. The highest BCUT2D eigenvalue weighted by atomic mass is 16.4. The van der Waals surface area contributed by atoms with Crippen LogP contribution in [-0.2, 0) is 13.6 Å². The molecule has 1 N–H and O–H groups in total. The van der Waals surface area contributed by atoms with Gasteiger partial charge in [0.2, 0.25) is 5.78 Å². The van der Waals surface area contributed by atoms with E-state index in [4.69, 9.17) is 0 Å². The van der Waals surface area contributed by atoms with Gasteiger partial charge in [0.15, 0.2) is 5.69 Å². The van der Waals surface area contributed by atoms with E-state index in [0.29, 0.717) is 23.5 Å². The number of hydrogen-bond donors (Lipinski definition) is 1. The van der Waals surface area contributed by atoms with Crippen molar-refractivity contribution in [2.45, 2.75) is 13.5 Å². The molecule has 2 heterocycles. The maximum absolute atomic E-state index is 12.9. The maximum Gasteiger partial charge on any atom is 0.356 e. The Balaban J connectivity index is 1.53. The van der Waals surface area contributed by atoms with Crippen LogP contribution in [0.4, 0.5) is 0 Å². The van der Waals surface area contributed by atoms with Crippen LogP contribution in [0.15, 0.2) is 79.3 Å². The van der Waals surface area contributed by atoms with Gasteiger partial charge in [0.25, 0.3) is 0 Å². The van der Waals surface area contributed by atoms with Crippen LogP contribution in [0.25, 0.3) is 17.3 Å². The molecule has 2 aromatic carbocycles. The molecule has 0 saturated heterocycles. The Bertz CT molecular complexity index is 1310. The fraction of sp³-hybridized carbons (Fsp3) is 0.115. The number of ketones is 1. The van der Waals surface area contributed by atoms with Gasteiger partial charge in [0, 0.05) is 30.9 Å².